The summed E-state index contributed by atoms with van der Waals surface area (Å²) in [5, 5.41) is 3.08. The topological polar surface area (TPSA) is 43.4 Å². The highest BCUT2D eigenvalue weighted by Gasteiger charge is 2.10. The number of nitrogens with one attached hydrogen (secondary N) is 1. The molecule has 5 heteroatoms. The van der Waals surface area contributed by atoms with Crippen molar-refractivity contribution >= 4 is 0 Å². The van der Waals surface area contributed by atoms with E-state index in [1.165, 1.54) is 12.3 Å². The molecule has 0 atom stereocenters. The minimum absolute atomic E-state index is 0.238. The maximum atomic E-state index is 13.1. The van der Waals surface area contributed by atoms with Crippen molar-refractivity contribution in [2.45, 2.75) is 13.2 Å². The van der Waals surface area contributed by atoms with Gasteiger partial charge in [-0.1, -0.05) is 12.1 Å². The van der Waals surface area contributed by atoms with E-state index in [0.717, 1.165) is 5.56 Å². The summed E-state index contributed by atoms with van der Waals surface area (Å²) in [6, 6.07) is 7.10. The van der Waals surface area contributed by atoms with Crippen LogP contribution in [0.4, 0.5) is 4.39 Å². The van der Waals surface area contributed by atoms with Gasteiger partial charge in [0.2, 0.25) is 0 Å². The molecule has 1 heterocycles. The molecule has 0 aliphatic rings. The first-order valence-electron chi connectivity index (χ1n) is 6.27. The predicted octanol–water partition coefficient (Wildman–Crippen LogP) is 2.53. The van der Waals surface area contributed by atoms with Gasteiger partial charge in [-0.3, -0.25) is 4.98 Å². The van der Waals surface area contributed by atoms with Crippen LogP contribution in [0.25, 0.3) is 0 Å². The van der Waals surface area contributed by atoms with Gasteiger partial charge in [0.25, 0.3) is 0 Å². The van der Waals surface area contributed by atoms with Crippen molar-refractivity contribution in [1.82, 2.24) is 10.3 Å². The number of ether oxygens (including phenoxy) is 2. The molecule has 1 N–H and O–H groups in total. The molecule has 20 heavy (non-hydrogen) atoms. The summed E-state index contributed by atoms with van der Waals surface area (Å²) in [5.41, 5.74) is 1.66. The van der Waals surface area contributed by atoms with Crippen LogP contribution in [0.2, 0.25) is 0 Å². The second-order valence-corrected chi connectivity index (χ2v) is 4.28. The standard InChI is InChI=1S/C15H17FN2O2/c1-17-8-12-4-3-5-14(19-2)15(12)20-10-11-6-13(16)9-18-7-11/h3-7,9,17H,8,10H2,1-2H3. The summed E-state index contributed by atoms with van der Waals surface area (Å²) in [4.78, 5) is 3.80. The van der Waals surface area contributed by atoms with Crippen LogP contribution in [0.1, 0.15) is 11.1 Å². The van der Waals surface area contributed by atoms with E-state index >= 15 is 0 Å². The molecule has 1 aromatic carbocycles. The van der Waals surface area contributed by atoms with Crippen LogP contribution < -0.4 is 14.8 Å². The Hall–Kier alpha value is -2.14. The van der Waals surface area contributed by atoms with Gasteiger partial charge in [-0.05, 0) is 19.2 Å². The Kier molecular flexibility index (Phi) is 4.90. The van der Waals surface area contributed by atoms with E-state index in [1.807, 2.05) is 25.2 Å². The van der Waals surface area contributed by atoms with Crippen molar-refractivity contribution in [3.05, 3.63) is 53.6 Å². The van der Waals surface area contributed by atoms with E-state index in [2.05, 4.69) is 10.3 Å². The summed E-state index contributed by atoms with van der Waals surface area (Å²) in [6.07, 6.45) is 2.75. The summed E-state index contributed by atoms with van der Waals surface area (Å²) in [6.45, 7) is 0.899. The molecule has 0 aliphatic carbocycles. The number of methoxy groups -OCH3 is 1. The fraction of sp³-hybridized carbons (Fsp3) is 0.267. The summed E-state index contributed by atoms with van der Waals surface area (Å²) in [7, 11) is 3.45. The van der Waals surface area contributed by atoms with E-state index in [4.69, 9.17) is 9.47 Å². The monoisotopic (exact) mass is 276 g/mol. The van der Waals surface area contributed by atoms with Crippen LogP contribution in [0.5, 0.6) is 11.5 Å². The number of hydrogen-bond donors (Lipinski definition) is 1. The van der Waals surface area contributed by atoms with Crippen molar-refractivity contribution in [3.8, 4) is 11.5 Å². The molecular formula is C15H17FN2O2. The van der Waals surface area contributed by atoms with Crippen molar-refractivity contribution in [1.29, 1.82) is 0 Å². The van der Waals surface area contributed by atoms with Crippen LogP contribution in [-0.2, 0) is 13.2 Å². The lowest BCUT2D eigenvalue weighted by molar-refractivity contribution is 0.280. The fourth-order valence-corrected chi connectivity index (χ4v) is 1.91. The van der Waals surface area contributed by atoms with E-state index in [9.17, 15) is 4.39 Å². The first-order valence-corrected chi connectivity index (χ1v) is 6.27. The van der Waals surface area contributed by atoms with E-state index in [-0.39, 0.29) is 12.4 Å². The number of hydrogen-bond acceptors (Lipinski definition) is 4. The number of para-hydroxylation sites is 1. The Labute approximate surface area is 117 Å². The average Bonchev–Trinajstić information content (AvgIpc) is 2.46. The molecule has 2 aromatic rings. The van der Waals surface area contributed by atoms with Gasteiger partial charge in [-0.2, -0.15) is 0 Å². The zero-order valence-electron chi connectivity index (χ0n) is 11.5. The van der Waals surface area contributed by atoms with Crippen LogP contribution in [0.3, 0.4) is 0 Å². The van der Waals surface area contributed by atoms with Crippen molar-refractivity contribution in [2.24, 2.45) is 0 Å². The van der Waals surface area contributed by atoms with Crippen molar-refractivity contribution in [3.63, 3.8) is 0 Å². The van der Waals surface area contributed by atoms with E-state index in [0.29, 0.717) is 23.6 Å². The maximum Gasteiger partial charge on any atom is 0.166 e. The summed E-state index contributed by atoms with van der Waals surface area (Å²) in [5.74, 6) is 0.942. The van der Waals surface area contributed by atoms with Gasteiger partial charge in [-0.15, -0.1) is 0 Å². The molecule has 0 spiro atoms. The molecule has 1 aromatic heterocycles. The highest BCUT2D eigenvalue weighted by Crippen LogP contribution is 2.31. The largest absolute Gasteiger partial charge is 0.493 e. The van der Waals surface area contributed by atoms with Crippen molar-refractivity contribution in [2.75, 3.05) is 14.2 Å². The van der Waals surface area contributed by atoms with Crippen LogP contribution in [0.15, 0.2) is 36.7 Å². The lowest BCUT2D eigenvalue weighted by atomic mass is 10.2. The molecule has 2 rings (SSSR count). The lowest BCUT2D eigenvalue weighted by Crippen LogP contribution is -2.08. The smallest absolute Gasteiger partial charge is 0.166 e. The average molecular weight is 276 g/mol. The molecule has 0 amide bonds. The Morgan fingerprint density at radius 1 is 1.30 bits per heavy atom. The van der Waals surface area contributed by atoms with Crippen molar-refractivity contribution < 1.29 is 13.9 Å². The first kappa shape index (κ1) is 14.3. The van der Waals surface area contributed by atoms with Crippen LogP contribution in [0, 0.1) is 5.82 Å². The van der Waals surface area contributed by atoms with Gasteiger partial charge in [-0.25, -0.2) is 4.39 Å². The molecule has 106 valence electrons. The molecule has 4 nitrogen and oxygen atoms in total. The lowest BCUT2D eigenvalue weighted by Gasteiger charge is -2.15. The zero-order chi connectivity index (χ0) is 14.4. The third-order valence-corrected chi connectivity index (χ3v) is 2.79. The van der Waals surface area contributed by atoms with E-state index in [1.54, 1.807) is 13.3 Å². The molecular weight excluding hydrogens is 259 g/mol. The predicted molar refractivity (Wildman–Crippen MR) is 74.3 cm³/mol. The second-order valence-electron chi connectivity index (χ2n) is 4.28. The number of nitrogens with zero attached hydrogens (tertiary/aromatic N) is 1. The minimum Gasteiger partial charge on any atom is -0.493 e. The zero-order valence-corrected chi connectivity index (χ0v) is 11.5. The molecule has 0 saturated heterocycles. The second kappa shape index (κ2) is 6.86. The fourth-order valence-electron chi connectivity index (χ4n) is 1.91. The Morgan fingerprint density at radius 2 is 2.15 bits per heavy atom. The molecule has 0 unspecified atom stereocenters. The van der Waals surface area contributed by atoms with Gasteiger partial charge >= 0.3 is 0 Å². The van der Waals surface area contributed by atoms with Crippen LogP contribution >= 0.6 is 0 Å². The number of pyridine rings is 1. The third kappa shape index (κ3) is 3.45. The highest BCUT2D eigenvalue weighted by molar-refractivity contribution is 5.46. The normalized spacial score (nSPS) is 10.3. The molecule has 0 bridgehead atoms. The third-order valence-electron chi connectivity index (χ3n) is 2.79. The van der Waals surface area contributed by atoms with Gasteiger partial charge in [0, 0.05) is 23.9 Å². The van der Waals surface area contributed by atoms with Crippen LogP contribution in [-0.4, -0.2) is 19.1 Å². The van der Waals surface area contributed by atoms with Gasteiger partial charge in [0.1, 0.15) is 12.4 Å². The Bertz CT molecular complexity index is 576. The number of halogens is 1. The summed E-state index contributed by atoms with van der Waals surface area (Å²) < 4.78 is 24.2. The minimum atomic E-state index is -0.374. The molecule has 0 aliphatic heterocycles. The number of aromatic nitrogens is 1. The number of benzene rings is 1. The Balaban J connectivity index is 2.19. The maximum absolute atomic E-state index is 13.1. The Morgan fingerprint density at radius 3 is 2.85 bits per heavy atom. The van der Waals surface area contributed by atoms with Gasteiger partial charge in [0.15, 0.2) is 11.5 Å². The summed E-state index contributed by atoms with van der Waals surface area (Å²) >= 11 is 0. The molecule has 0 fully saturated rings. The molecule has 0 saturated carbocycles. The number of rotatable bonds is 6. The SMILES string of the molecule is CNCc1cccc(OC)c1OCc1cncc(F)c1. The van der Waals surface area contributed by atoms with Gasteiger partial charge < -0.3 is 14.8 Å². The van der Waals surface area contributed by atoms with Gasteiger partial charge in [0.05, 0.1) is 13.3 Å². The first-order chi connectivity index (χ1) is 9.74. The molecule has 0 radical (unpaired) electrons. The van der Waals surface area contributed by atoms with E-state index < -0.39 is 0 Å². The quantitative estimate of drug-likeness (QED) is 0.880. The highest BCUT2D eigenvalue weighted by atomic mass is 19.1.